The second kappa shape index (κ2) is 5.50. The molecule has 0 radical (unpaired) electrons. The van der Waals surface area contributed by atoms with Crippen molar-refractivity contribution in [2.24, 2.45) is 0 Å². The molecule has 0 fully saturated rings. The zero-order chi connectivity index (χ0) is 9.78. The van der Waals surface area contributed by atoms with Crippen LogP contribution in [0, 0.1) is 0 Å². The molecule has 0 aliphatic heterocycles. The van der Waals surface area contributed by atoms with Crippen LogP contribution < -0.4 is 0 Å². The van der Waals surface area contributed by atoms with Crippen LogP contribution >= 0.6 is 34.8 Å². The zero-order valence-electron chi connectivity index (χ0n) is 6.34. The smallest absolute Gasteiger partial charge is 0.251 e. The molecule has 0 saturated carbocycles. The molecule has 0 amide bonds. The third-order valence-corrected chi connectivity index (χ3v) is 2.32. The Balaban J connectivity index is 3.68. The minimum atomic E-state index is -3.49. The maximum atomic E-state index is 10.5. The van der Waals surface area contributed by atoms with Gasteiger partial charge in [0.2, 0.25) is 0 Å². The van der Waals surface area contributed by atoms with Gasteiger partial charge in [0, 0.05) is 0 Å². The molecule has 0 rings (SSSR count). The normalized spacial score (nSPS) is 15.1. The summed E-state index contributed by atoms with van der Waals surface area (Å²) in [5.41, 5.74) is -0.889. The second-order valence-corrected chi connectivity index (χ2v) is 5.54. The van der Waals surface area contributed by atoms with Crippen molar-refractivity contribution in [3.8, 4) is 0 Å². The Kier molecular flexibility index (Phi) is 5.85. The van der Waals surface area contributed by atoms with E-state index in [1.165, 1.54) is 0 Å². The Hall–Kier alpha value is 0.780. The summed E-state index contributed by atoms with van der Waals surface area (Å²) in [4.78, 5) is -0.547. The first-order valence-corrected chi connectivity index (χ1v) is 6.24. The first-order valence-electron chi connectivity index (χ1n) is 3.12. The van der Waals surface area contributed by atoms with E-state index < -0.39 is 20.5 Å². The van der Waals surface area contributed by atoms with Crippen LogP contribution in [0.2, 0.25) is 0 Å². The Bertz CT molecular complexity index is 214. The van der Waals surface area contributed by atoms with Crippen LogP contribution in [0.15, 0.2) is 0 Å². The molecule has 0 bridgehead atoms. The highest BCUT2D eigenvalue weighted by molar-refractivity contribution is 7.86. The van der Waals surface area contributed by atoms with Crippen LogP contribution in [0.1, 0.15) is 12.8 Å². The second-order valence-electron chi connectivity index (χ2n) is 2.18. The molecule has 12 heavy (non-hydrogen) atoms. The summed E-state index contributed by atoms with van der Waals surface area (Å²) in [6.07, 6.45) is 1.63. The molecule has 0 spiro atoms. The molecule has 0 aliphatic rings. The van der Waals surface area contributed by atoms with Crippen molar-refractivity contribution < 1.29 is 12.6 Å². The fraction of sp³-hybridized carbons (Fsp3) is 1.00. The Morgan fingerprint density at radius 2 is 1.75 bits per heavy atom. The van der Waals surface area contributed by atoms with Gasteiger partial charge in [0.05, 0.1) is 6.26 Å². The Morgan fingerprint density at radius 1 is 1.25 bits per heavy atom. The largest absolute Gasteiger partial charge is 0.265 e. The summed E-state index contributed by atoms with van der Waals surface area (Å²) in [6, 6.07) is 0. The SMILES string of the molecule is CS(=O)(=O)OC(Cl)CCC(Cl)Cl. The standard InChI is InChI=1S/C5H9Cl3O3S/c1-12(9,10)11-5(8)3-2-4(6)7/h4-5H,2-3H2,1H3. The van der Waals surface area contributed by atoms with Crippen LogP contribution in [0.25, 0.3) is 0 Å². The highest BCUT2D eigenvalue weighted by Crippen LogP contribution is 2.16. The van der Waals surface area contributed by atoms with Gasteiger partial charge >= 0.3 is 0 Å². The van der Waals surface area contributed by atoms with Crippen molar-refractivity contribution in [1.29, 1.82) is 0 Å². The van der Waals surface area contributed by atoms with Crippen LogP contribution in [0.3, 0.4) is 0 Å². The van der Waals surface area contributed by atoms with Gasteiger partial charge in [0.1, 0.15) is 4.84 Å². The lowest BCUT2D eigenvalue weighted by Crippen LogP contribution is -2.12. The number of rotatable bonds is 5. The fourth-order valence-electron chi connectivity index (χ4n) is 0.495. The van der Waals surface area contributed by atoms with Crippen molar-refractivity contribution in [1.82, 2.24) is 0 Å². The van der Waals surface area contributed by atoms with E-state index in [0.29, 0.717) is 12.8 Å². The topological polar surface area (TPSA) is 43.4 Å². The number of halogens is 3. The third kappa shape index (κ3) is 8.87. The molecule has 0 aromatic carbocycles. The molecule has 0 aliphatic carbocycles. The maximum Gasteiger partial charge on any atom is 0.265 e. The van der Waals surface area contributed by atoms with Gasteiger partial charge in [-0.05, 0) is 12.8 Å². The molecule has 0 heterocycles. The predicted octanol–water partition coefficient (Wildman–Crippen LogP) is 2.11. The van der Waals surface area contributed by atoms with Crippen molar-refractivity contribution in [3.05, 3.63) is 0 Å². The molecular weight excluding hydrogens is 246 g/mol. The molecule has 0 saturated heterocycles. The van der Waals surface area contributed by atoms with E-state index >= 15 is 0 Å². The summed E-state index contributed by atoms with van der Waals surface area (Å²) in [6.45, 7) is 0. The zero-order valence-corrected chi connectivity index (χ0v) is 9.42. The molecule has 74 valence electrons. The first kappa shape index (κ1) is 12.8. The third-order valence-electron chi connectivity index (χ3n) is 0.891. The summed E-state index contributed by atoms with van der Waals surface area (Å²) >= 11 is 16.3. The van der Waals surface area contributed by atoms with Gasteiger partial charge in [-0.25, -0.2) is 0 Å². The molecule has 0 N–H and O–H groups in total. The Labute approximate surface area is 87.1 Å². The summed E-state index contributed by atoms with van der Waals surface area (Å²) in [7, 11) is -3.49. The molecule has 0 aromatic rings. The number of alkyl halides is 3. The van der Waals surface area contributed by atoms with Crippen LogP contribution in [-0.4, -0.2) is 25.1 Å². The lowest BCUT2D eigenvalue weighted by Gasteiger charge is -2.08. The minimum Gasteiger partial charge on any atom is -0.251 e. The monoisotopic (exact) mass is 254 g/mol. The number of hydrogen-bond acceptors (Lipinski definition) is 3. The van der Waals surface area contributed by atoms with E-state index in [0.717, 1.165) is 6.26 Å². The Morgan fingerprint density at radius 3 is 2.08 bits per heavy atom. The van der Waals surface area contributed by atoms with E-state index in [-0.39, 0.29) is 0 Å². The van der Waals surface area contributed by atoms with E-state index in [4.69, 9.17) is 34.8 Å². The fourth-order valence-corrected chi connectivity index (χ4v) is 1.74. The highest BCUT2D eigenvalue weighted by atomic mass is 35.5. The first-order chi connectivity index (χ1) is 5.31. The van der Waals surface area contributed by atoms with E-state index in [2.05, 4.69) is 4.18 Å². The average Bonchev–Trinajstić information content (AvgIpc) is 1.79. The molecule has 7 heteroatoms. The van der Waals surface area contributed by atoms with E-state index in [9.17, 15) is 8.42 Å². The molecule has 1 unspecified atom stereocenters. The van der Waals surface area contributed by atoms with Crippen LogP contribution in [0.5, 0.6) is 0 Å². The quantitative estimate of drug-likeness (QED) is 0.558. The van der Waals surface area contributed by atoms with Gasteiger partial charge in [-0.3, -0.25) is 4.18 Å². The number of hydrogen-bond donors (Lipinski definition) is 0. The lowest BCUT2D eigenvalue weighted by molar-refractivity contribution is 0.276. The minimum absolute atomic E-state index is 0.298. The molecule has 0 aromatic heterocycles. The summed E-state index contributed by atoms with van der Waals surface area (Å²) in [5, 5.41) is 0. The average molecular weight is 256 g/mol. The summed E-state index contributed by atoms with van der Waals surface area (Å²) < 4.78 is 25.4. The van der Waals surface area contributed by atoms with Gasteiger partial charge < -0.3 is 0 Å². The van der Waals surface area contributed by atoms with Gasteiger partial charge in [0.15, 0.2) is 5.56 Å². The van der Waals surface area contributed by atoms with E-state index in [1.54, 1.807) is 0 Å². The van der Waals surface area contributed by atoms with Gasteiger partial charge in [-0.15, -0.1) is 23.2 Å². The van der Waals surface area contributed by atoms with Crippen molar-refractivity contribution in [3.63, 3.8) is 0 Å². The van der Waals surface area contributed by atoms with Crippen LogP contribution in [0.4, 0.5) is 0 Å². The van der Waals surface area contributed by atoms with Crippen LogP contribution in [-0.2, 0) is 14.3 Å². The lowest BCUT2D eigenvalue weighted by atomic mass is 10.3. The van der Waals surface area contributed by atoms with Crippen molar-refractivity contribution >= 4 is 44.9 Å². The summed E-state index contributed by atoms with van der Waals surface area (Å²) in [5.74, 6) is 0. The molecule has 1 atom stereocenters. The maximum absolute atomic E-state index is 10.5. The van der Waals surface area contributed by atoms with Gasteiger partial charge in [0.25, 0.3) is 10.1 Å². The molecular formula is C5H9Cl3O3S. The predicted molar refractivity (Wildman–Crippen MR) is 50.3 cm³/mol. The van der Waals surface area contributed by atoms with Gasteiger partial charge in [-0.1, -0.05) is 11.6 Å². The van der Waals surface area contributed by atoms with E-state index in [1.807, 2.05) is 0 Å². The highest BCUT2D eigenvalue weighted by Gasteiger charge is 2.13. The van der Waals surface area contributed by atoms with Crippen molar-refractivity contribution in [2.45, 2.75) is 23.2 Å². The van der Waals surface area contributed by atoms with Gasteiger partial charge in [-0.2, -0.15) is 8.42 Å². The molecule has 3 nitrogen and oxygen atoms in total. The van der Waals surface area contributed by atoms with Crippen molar-refractivity contribution in [2.75, 3.05) is 6.26 Å².